The maximum Gasteiger partial charge on any atom is 0.131 e. The summed E-state index contributed by atoms with van der Waals surface area (Å²) in [5.41, 5.74) is 4.61. The first-order valence-electron chi connectivity index (χ1n) is 9.66. The van der Waals surface area contributed by atoms with Crippen LogP contribution in [0.2, 0.25) is 0 Å². The second-order valence-electron chi connectivity index (χ2n) is 7.33. The zero-order chi connectivity index (χ0) is 19.9. The van der Waals surface area contributed by atoms with Crippen LogP contribution in [0.15, 0.2) is 61.2 Å². The molecule has 0 spiro atoms. The van der Waals surface area contributed by atoms with Crippen molar-refractivity contribution in [2.75, 3.05) is 11.9 Å². The lowest BCUT2D eigenvalue weighted by molar-refractivity contribution is 0.289. The smallest absolute Gasteiger partial charge is 0.131 e. The Morgan fingerprint density at radius 3 is 2.50 bits per heavy atom. The Morgan fingerprint density at radius 1 is 1.11 bits per heavy atom. The van der Waals surface area contributed by atoms with Crippen LogP contribution in [0, 0.1) is 12.8 Å². The van der Waals surface area contributed by atoms with E-state index in [-0.39, 0.29) is 0 Å². The first kappa shape index (κ1) is 19.7. The van der Waals surface area contributed by atoms with Crippen LogP contribution in [0.25, 0.3) is 5.70 Å². The number of ether oxygens (including phenoxy) is 1. The maximum absolute atomic E-state index is 5.76. The molecule has 0 radical (unpaired) electrons. The van der Waals surface area contributed by atoms with Gasteiger partial charge in [-0.3, -0.25) is 0 Å². The molecular weight excluding hydrogens is 348 g/mol. The van der Waals surface area contributed by atoms with Crippen LogP contribution in [-0.2, 0) is 6.54 Å². The van der Waals surface area contributed by atoms with Gasteiger partial charge in [-0.05, 0) is 49.1 Å². The number of nitrogens with zero attached hydrogens (tertiary/aromatic N) is 3. The highest BCUT2D eigenvalue weighted by molar-refractivity contribution is 5.74. The summed E-state index contributed by atoms with van der Waals surface area (Å²) in [4.78, 5) is 0. The molecular formula is C23H28N4O. The van der Waals surface area contributed by atoms with Gasteiger partial charge in [-0.25, -0.2) is 4.68 Å². The molecule has 1 N–H and O–H groups in total. The Labute approximate surface area is 167 Å². The summed E-state index contributed by atoms with van der Waals surface area (Å²) in [6.45, 7) is 12.0. The highest BCUT2D eigenvalue weighted by Crippen LogP contribution is 2.21. The molecule has 1 aromatic heterocycles. The van der Waals surface area contributed by atoms with Crippen LogP contribution >= 0.6 is 0 Å². The van der Waals surface area contributed by atoms with Crippen LogP contribution in [0.3, 0.4) is 0 Å². The zero-order valence-electron chi connectivity index (χ0n) is 16.9. The second kappa shape index (κ2) is 9.22. The van der Waals surface area contributed by atoms with Crippen molar-refractivity contribution >= 4 is 11.4 Å². The van der Waals surface area contributed by atoms with E-state index in [0.29, 0.717) is 12.5 Å². The molecule has 28 heavy (non-hydrogen) atoms. The summed E-state index contributed by atoms with van der Waals surface area (Å²) < 4.78 is 7.66. The lowest BCUT2D eigenvalue weighted by atomic mass is 10.1. The molecule has 0 unspecified atom stereocenters. The summed E-state index contributed by atoms with van der Waals surface area (Å²) in [6.07, 6.45) is 1.05. The molecule has 5 heteroatoms. The summed E-state index contributed by atoms with van der Waals surface area (Å²) in [5, 5.41) is 11.9. The Morgan fingerprint density at radius 2 is 1.82 bits per heavy atom. The van der Waals surface area contributed by atoms with Gasteiger partial charge in [-0.15, -0.1) is 5.10 Å². The molecule has 0 aliphatic heterocycles. The largest absolute Gasteiger partial charge is 0.494 e. The Bertz CT molecular complexity index is 898. The van der Waals surface area contributed by atoms with Gasteiger partial charge in [-0.1, -0.05) is 56.0 Å². The van der Waals surface area contributed by atoms with Crippen LogP contribution in [0.4, 0.5) is 5.69 Å². The average molecular weight is 377 g/mol. The average Bonchev–Trinajstić information content (AvgIpc) is 3.04. The van der Waals surface area contributed by atoms with Gasteiger partial charge in [0.25, 0.3) is 0 Å². The van der Waals surface area contributed by atoms with Crippen molar-refractivity contribution < 1.29 is 4.74 Å². The molecule has 0 amide bonds. The molecule has 0 saturated carbocycles. The minimum absolute atomic E-state index is 0.641. The van der Waals surface area contributed by atoms with Gasteiger partial charge < -0.3 is 10.1 Å². The van der Waals surface area contributed by atoms with E-state index in [0.717, 1.165) is 41.5 Å². The van der Waals surface area contributed by atoms with E-state index in [1.807, 2.05) is 54.1 Å². The molecule has 0 fully saturated rings. The first-order valence-corrected chi connectivity index (χ1v) is 9.66. The van der Waals surface area contributed by atoms with Gasteiger partial charge in [0, 0.05) is 5.69 Å². The first-order chi connectivity index (χ1) is 13.5. The van der Waals surface area contributed by atoms with E-state index in [4.69, 9.17) is 4.74 Å². The number of aromatic nitrogens is 3. The molecule has 0 bridgehead atoms. The number of anilines is 1. The van der Waals surface area contributed by atoms with Crippen molar-refractivity contribution in [3.8, 4) is 5.75 Å². The van der Waals surface area contributed by atoms with Crippen molar-refractivity contribution in [2.45, 2.75) is 33.7 Å². The normalized spacial score (nSPS) is 10.9. The van der Waals surface area contributed by atoms with Crippen LogP contribution < -0.4 is 10.1 Å². The third kappa shape index (κ3) is 5.22. The summed E-state index contributed by atoms with van der Waals surface area (Å²) in [5.74, 6) is 1.52. The molecule has 5 nitrogen and oxygen atoms in total. The number of nitrogens with one attached hydrogen (secondary N) is 1. The number of rotatable bonds is 9. The molecule has 0 atom stereocenters. The SMILES string of the molecule is C=C(Nc1ccc(OCCC(C)C)cc1)c1nnn(Cc2ccccc2)c1C. The number of benzene rings is 2. The van der Waals surface area contributed by atoms with Gasteiger partial charge in [0.05, 0.1) is 24.5 Å². The molecule has 146 valence electrons. The van der Waals surface area contributed by atoms with Crippen LogP contribution in [0.5, 0.6) is 5.75 Å². The van der Waals surface area contributed by atoms with Crippen LogP contribution in [-0.4, -0.2) is 21.6 Å². The predicted octanol–water partition coefficient (Wildman–Crippen LogP) is 5.14. The monoisotopic (exact) mass is 376 g/mol. The quantitative estimate of drug-likeness (QED) is 0.562. The van der Waals surface area contributed by atoms with Gasteiger partial charge >= 0.3 is 0 Å². The van der Waals surface area contributed by atoms with E-state index >= 15 is 0 Å². The highest BCUT2D eigenvalue weighted by Gasteiger charge is 2.12. The number of hydrogen-bond donors (Lipinski definition) is 1. The van der Waals surface area contributed by atoms with E-state index in [2.05, 4.69) is 48.2 Å². The maximum atomic E-state index is 5.76. The Kier molecular flexibility index (Phi) is 6.48. The van der Waals surface area contributed by atoms with E-state index in [1.165, 1.54) is 5.56 Å². The molecule has 3 aromatic rings. The zero-order valence-corrected chi connectivity index (χ0v) is 16.9. The molecule has 0 saturated heterocycles. The topological polar surface area (TPSA) is 52.0 Å². The van der Waals surface area contributed by atoms with Crippen molar-refractivity contribution in [3.63, 3.8) is 0 Å². The summed E-state index contributed by atoms with van der Waals surface area (Å²) in [7, 11) is 0. The van der Waals surface area contributed by atoms with Gasteiger partial charge in [0.15, 0.2) is 0 Å². The Hall–Kier alpha value is -3.08. The molecule has 0 aliphatic rings. The minimum atomic E-state index is 0.641. The van der Waals surface area contributed by atoms with Crippen molar-refractivity contribution in [2.24, 2.45) is 5.92 Å². The third-order valence-corrected chi connectivity index (χ3v) is 4.56. The fraction of sp³-hybridized carbons (Fsp3) is 0.304. The van der Waals surface area contributed by atoms with Crippen molar-refractivity contribution in [1.29, 1.82) is 0 Å². The van der Waals surface area contributed by atoms with E-state index in [1.54, 1.807) is 0 Å². The van der Waals surface area contributed by atoms with Crippen molar-refractivity contribution in [1.82, 2.24) is 15.0 Å². The molecule has 2 aromatic carbocycles. The molecule has 3 rings (SSSR count). The fourth-order valence-corrected chi connectivity index (χ4v) is 2.83. The summed E-state index contributed by atoms with van der Waals surface area (Å²) >= 11 is 0. The van der Waals surface area contributed by atoms with Gasteiger partial charge in [0.2, 0.25) is 0 Å². The van der Waals surface area contributed by atoms with Crippen LogP contribution in [0.1, 0.15) is 37.2 Å². The summed E-state index contributed by atoms with van der Waals surface area (Å²) in [6, 6.07) is 18.1. The van der Waals surface area contributed by atoms with Crippen molar-refractivity contribution in [3.05, 3.63) is 78.1 Å². The van der Waals surface area contributed by atoms with Gasteiger partial charge in [-0.2, -0.15) is 0 Å². The minimum Gasteiger partial charge on any atom is -0.494 e. The second-order valence-corrected chi connectivity index (χ2v) is 7.33. The third-order valence-electron chi connectivity index (χ3n) is 4.56. The lowest BCUT2D eigenvalue weighted by Crippen LogP contribution is -2.05. The Balaban J connectivity index is 1.60. The lowest BCUT2D eigenvalue weighted by Gasteiger charge is -2.11. The van der Waals surface area contributed by atoms with Gasteiger partial charge in [0.1, 0.15) is 11.4 Å². The molecule has 1 heterocycles. The van der Waals surface area contributed by atoms with E-state index in [9.17, 15) is 0 Å². The number of hydrogen-bond acceptors (Lipinski definition) is 4. The standard InChI is InChI=1S/C23H28N4O/c1-17(2)14-15-28-22-12-10-21(11-13-22)24-18(3)23-19(4)27(26-25-23)16-20-8-6-5-7-9-20/h5-13,17,24H,3,14-16H2,1-2,4H3. The fourth-order valence-electron chi connectivity index (χ4n) is 2.83. The predicted molar refractivity (Wildman–Crippen MR) is 114 cm³/mol. The molecule has 0 aliphatic carbocycles. The van der Waals surface area contributed by atoms with E-state index < -0.39 is 0 Å². The highest BCUT2D eigenvalue weighted by atomic mass is 16.5.